The van der Waals surface area contributed by atoms with Gasteiger partial charge in [0.1, 0.15) is 11.9 Å². The fraction of sp³-hybridized carbons (Fsp3) is 0.548. The minimum absolute atomic E-state index is 0.0157. The van der Waals surface area contributed by atoms with Crippen molar-refractivity contribution in [3.8, 4) is 16.9 Å². The standard InChI is InChI=1S/C42H61N3O4/c1-45(2,33-19-8-9-20-34-48-35-37-23-13-16-26-41(37)47-3)32-18-7-5-4-6-17-29-44-30-27-38(28-31-44)49-42(46)43-40-25-15-14-24-39(40)36-21-11-10-12-22-36/h10-16,21-26,38H,4-9,17-20,27-35H2,1-3H3/p+1. The molecular formula is C42H62N3O4+. The molecule has 3 aromatic rings. The number of carbonyl (C=O) groups excluding carboxylic acids is 1. The number of quaternary nitrogens is 1. The molecule has 3 aromatic carbocycles. The van der Waals surface area contributed by atoms with E-state index in [9.17, 15) is 4.79 Å². The molecule has 0 aromatic heterocycles. The zero-order valence-electron chi connectivity index (χ0n) is 30.5. The Hall–Kier alpha value is -3.39. The van der Waals surface area contributed by atoms with E-state index in [-0.39, 0.29) is 12.2 Å². The van der Waals surface area contributed by atoms with Gasteiger partial charge in [-0.1, -0.05) is 92.4 Å². The van der Waals surface area contributed by atoms with E-state index in [1.165, 1.54) is 70.9 Å². The summed E-state index contributed by atoms with van der Waals surface area (Å²) in [6.07, 6.45) is 14.3. The lowest BCUT2D eigenvalue weighted by Crippen LogP contribution is -2.41. The van der Waals surface area contributed by atoms with Crippen LogP contribution >= 0.6 is 0 Å². The first kappa shape index (κ1) is 38.4. The largest absolute Gasteiger partial charge is 0.496 e. The fourth-order valence-corrected chi connectivity index (χ4v) is 6.80. The normalized spacial score (nSPS) is 14.1. The van der Waals surface area contributed by atoms with Gasteiger partial charge in [0, 0.05) is 30.8 Å². The average molecular weight is 673 g/mol. The summed E-state index contributed by atoms with van der Waals surface area (Å²) in [5.41, 5.74) is 3.98. The van der Waals surface area contributed by atoms with Crippen molar-refractivity contribution in [1.29, 1.82) is 0 Å². The van der Waals surface area contributed by atoms with Gasteiger partial charge in [-0.25, -0.2) is 4.79 Å². The third-order valence-electron chi connectivity index (χ3n) is 9.80. The Morgan fingerprint density at radius 1 is 0.755 bits per heavy atom. The zero-order chi connectivity index (χ0) is 34.6. The highest BCUT2D eigenvalue weighted by Gasteiger charge is 2.22. The third kappa shape index (κ3) is 14.5. The average Bonchev–Trinajstić information content (AvgIpc) is 3.12. The van der Waals surface area contributed by atoms with Gasteiger partial charge in [-0.2, -0.15) is 0 Å². The van der Waals surface area contributed by atoms with Crippen LogP contribution in [-0.4, -0.2) is 82.1 Å². The Labute approximate surface area is 296 Å². The molecule has 0 radical (unpaired) electrons. The second-order valence-electron chi connectivity index (χ2n) is 14.3. The van der Waals surface area contributed by atoms with Crippen molar-refractivity contribution in [2.45, 2.75) is 89.8 Å². The SMILES string of the molecule is COc1ccccc1COCCCCCC[N+](C)(C)CCCCCCCCN1CCC(OC(=O)Nc2ccccc2-c2ccccc2)CC1. The molecule has 1 fully saturated rings. The number of nitrogens with zero attached hydrogens (tertiary/aromatic N) is 2. The van der Waals surface area contributed by atoms with Gasteiger partial charge in [-0.15, -0.1) is 0 Å². The van der Waals surface area contributed by atoms with Gasteiger partial charge < -0.3 is 23.6 Å². The quantitative estimate of drug-likeness (QED) is 0.0851. The van der Waals surface area contributed by atoms with E-state index in [0.717, 1.165) is 78.1 Å². The molecule has 1 heterocycles. The molecule has 268 valence electrons. The molecule has 0 atom stereocenters. The fourth-order valence-electron chi connectivity index (χ4n) is 6.80. The van der Waals surface area contributed by atoms with E-state index in [0.29, 0.717) is 6.61 Å². The first-order valence-electron chi connectivity index (χ1n) is 18.8. The molecule has 0 unspecified atom stereocenters. The zero-order valence-corrected chi connectivity index (χ0v) is 30.5. The summed E-state index contributed by atoms with van der Waals surface area (Å²) >= 11 is 0. The van der Waals surface area contributed by atoms with Crippen molar-refractivity contribution in [3.05, 3.63) is 84.4 Å². The van der Waals surface area contributed by atoms with Crippen LogP contribution in [-0.2, 0) is 16.1 Å². The maximum atomic E-state index is 12.7. The first-order valence-corrected chi connectivity index (χ1v) is 18.8. The lowest BCUT2D eigenvalue weighted by molar-refractivity contribution is -0.890. The smallest absolute Gasteiger partial charge is 0.411 e. The highest BCUT2D eigenvalue weighted by molar-refractivity contribution is 5.91. The number of unbranched alkanes of at least 4 members (excludes halogenated alkanes) is 8. The third-order valence-corrected chi connectivity index (χ3v) is 9.80. The predicted octanol–water partition coefficient (Wildman–Crippen LogP) is 9.57. The van der Waals surface area contributed by atoms with Crippen LogP contribution in [0.25, 0.3) is 11.1 Å². The van der Waals surface area contributed by atoms with Crippen LogP contribution in [0.3, 0.4) is 0 Å². The van der Waals surface area contributed by atoms with E-state index in [2.05, 4.69) is 42.5 Å². The van der Waals surface area contributed by atoms with E-state index in [1.807, 2.05) is 60.7 Å². The lowest BCUT2D eigenvalue weighted by atomic mass is 10.0. The van der Waals surface area contributed by atoms with Gasteiger partial charge in [0.2, 0.25) is 0 Å². The summed E-state index contributed by atoms with van der Waals surface area (Å²) in [7, 11) is 6.49. The van der Waals surface area contributed by atoms with Gasteiger partial charge in [-0.3, -0.25) is 5.32 Å². The van der Waals surface area contributed by atoms with Gasteiger partial charge >= 0.3 is 6.09 Å². The van der Waals surface area contributed by atoms with E-state index in [1.54, 1.807) is 7.11 Å². The molecule has 1 aliphatic heterocycles. The van der Waals surface area contributed by atoms with Crippen LogP contribution in [0.5, 0.6) is 5.75 Å². The van der Waals surface area contributed by atoms with Crippen LogP contribution in [0, 0.1) is 0 Å². The highest BCUT2D eigenvalue weighted by atomic mass is 16.6. The number of para-hydroxylation sites is 2. The second-order valence-corrected chi connectivity index (χ2v) is 14.3. The number of ether oxygens (including phenoxy) is 3. The number of benzene rings is 3. The van der Waals surface area contributed by atoms with Gasteiger partial charge in [0.05, 0.1) is 46.6 Å². The molecule has 7 nitrogen and oxygen atoms in total. The lowest BCUT2D eigenvalue weighted by Gasteiger charge is -2.31. The van der Waals surface area contributed by atoms with Crippen LogP contribution < -0.4 is 10.1 Å². The van der Waals surface area contributed by atoms with Crippen molar-refractivity contribution in [2.24, 2.45) is 0 Å². The molecule has 1 N–H and O–H groups in total. The van der Waals surface area contributed by atoms with Crippen LogP contribution in [0.1, 0.15) is 82.6 Å². The molecule has 1 aliphatic rings. The highest BCUT2D eigenvalue weighted by Crippen LogP contribution is 2.28. The van der Waals surface area contributed by atoms with Crippen molar-refractivity contribution in [3.63, 3.8) is 0 Å². The Balaban J connectivity index is 0.950. The summed E-state index contributed by atoms with van der Waals surface area (Å²) in [4.78, 5) is 15.3. The van der Waals surface area contributed by atoms with E-state index >= 15 is 0 Å². The topological polar surface area (TPSA) is 60.0 Å². The maximum Gasteiger partial charge on any atom is 0.411 e. The van der Waals surface area contributed by atoms with Crippen LogP contribution in [0.2, 0.25) is 0 Å². The Kier molecular flexibility index (Phi) is 17.0. The Morgan fingerprint density at radius 3 is 2.10 bits per heavy atom. The number of anilines is 1. The number of hydrogen-bond donors (Lipinski definition) is 1. The number of likely N-dealkylation sites (tertiary alicyclic amines) is 1. The number of nitrogens with one attached hydrogen (secondary N) is 1. The van der Waals surface area contributed by atoms with E-state index < -0.39 is 0 Å². The molecule has 4 rings (SSSR count). The molecule has 0 spiro atoms. The number of methoxy groups -OCH3 is 1. The number of amides is 1. The summed E-state index contributed by atoms with van der Waals surface area (Å²) in [5.74, 6) is 0.906. The van der Waals surface area contributed by atoms with Gasteiger partial charge in [-0.05, 0) is 75.6 Å². The number of rotatable bonds is 22. The molecule has 0 aliphatic carbocycles. The van der Waals surface area contributed by atoms with Crippen molar-refractivity contribution >= 4 is 11.8 Å². The molecule has 0 bridgehead atoms. The van der Waals surface area contributed by atoms with Crippen LogP contribution in [0.4, 0.5) is 10.5 Å². The molecule has 49 heavy (non-hydrogen) atoms. The van der Waals surface area contributed by atoms with Crippen molar-refractivity contribution < 1.29 is 23.5 Å². The Morgan fingerprint density at radius 2 is 1.37 bits per heavy atom. The van der Waals surface area contributed by atoms with E-state index in [4.69, 9.17) is 14.2 Å². The second kappa shape index (κ2) is 21.6. The Bertz CT molecular complexity index is 1340. The maximum absolute atomic E-state index is 12.7. The monoisotopic (exact) mass is 672 g/mol. The summed E-state index contributed by atoms with van der Waals surface area (Å²) in [6, 6.07) is 26.1. The molecule has 7 heteroatoms. The molecule has 1 saturated heterocycles. The number of piperidine rings is 1. The van der Waals surface area contributed by atoms with Gasteiger partial charge in [0.15, 0.2) is 0 Å². The summed E-state index contributed by atoms with van der Waals surface area (Å²) < 4.78 is 18.2. The minimum atomic E-state index is -0.359. The molecule has 0 saturated carbocycles. The van der Waals surface area contributed by atoms with Crippen LogP contribution in [0.15, 0.2) is 78.9 Å². The first-order chi connectivity index (χ1) is 23.9. The molecular weight excluding hydrogens is 610 g/mol. The molecule has 1 amide bonds. The number of hydrogen-bond acceptors (Lipinski definition) is 5. The van der Waals surface area contributed by atoms with Gasteiger partial charge in [0.25, 0.3) is 0 Å². The van der Waals surface area contributed by atoms with Crippen molar-refractivity contribution in [2.75, 3.05) is 65.9 Å². The predicted molar refractivity (Wildman–Crippen MR) is 202 cm³/mol. The summed E-state index contributed by atoms with van der Waals surface area (Å²) in [5, 5.41) is 2.98. The van der Waals surface area contributed by atoms with Crippen molar-refractivity contribution in [1.82, 2.24) is 4.90 Å². The summed E-state index contributed by atoms with van der Waals surface area (Å²) in [6.45, 7) is 7.13. The number of carbonyl (C=O) groups is 1. The minimum Gasteiger partial charge on any atom is -0.496 e.